The Morgan fingerprint density at radius 2 is 1.84 bits per heavy atom. The maximum absolute atomic E-state index is 13.3. The first-order chi connectivity index (χ1) is 15.3. The van der Waals surface area contributed by atoms with Crippen molar-refractivity contribution >= 4 is 11.9 Å². The molecule has 1 spiro atoms. The molecule has 4 heterocycles. The Morgan fingerprint density at radius 3 is 2.50 bits per heavy atom. The highest BCUT2D eigenvalue weighted by atomic mass is 16.6. The molecule has 1 amide bonds. The highest BCUT2D eigenvalue weighted by Crippen LogP contribution is 2.43. The van der Waals surface area contributed by atoms with Crippen molar-refractivity contribution in [3.05, 3.63) is 33.7 Å². The second kappa shape index (κ2) is 9.38. The number of piperidine rings is 1. The number of ether oxygens (including phenoxy) is 1. The number of cyclic esters (lactones) is 1. The van der Waals surface area contributed by atoms with Crippen LogP contribution in [0.3, 0.4) is 0 Å². The van der Waals surface area contributed by atoms with Crippen molar-refractivity contribution in [2.45, 2.75) is 71.9 Å². The number of rotatable bonds is 6. The molecule has 7 nitrogen and oxygen atoms in total. The van der Waals surface area contributed by atoms with E-state index in [0.717, 1.165) is 32.5 Å². The molecule has 0 radical (unpaired) electrons. The first-order valence-corrected chi connectivity index (χ1v) is 12.2. The second-order valence-electron chi connectivity index (χ2n) is 10.4. The summed E-state index contributed by atoms with van der Waals surface area (Å²) in [6.45, 7) is 10.7. The monoisotopic (exact) mass is 443 g/mol. The van der Waals surface area contributed by atoms with E-state index >= 15 is 0 Å². The zero-order valence-corrected chi connectivity index (χ0v) is 19.8. The predicted octanol–water partition coefficient (Wildman–Crippen LogP) is 2.84. The van der Waals surface area contributed by atoms with Gasteiger partial charge in [0.05, 0.1) is 5.41 Å². The number of carbonyl (C=O) groups is 2. The number of pyridine rings is 1. The highest BCUT2D eigenvalue weighted by Gasteiger charge is 2.51. The fraction of sp³-hybridized carbons (Fsp3) is 0.720. The summed E-state index contributed by atoms with van der Waals surface area (Å²) in [5.41, 5.74) is 0.312. The molecule has 0 bridgehead atoms. The van der Waals surface area contributed by atoms with Gasteiger partial charge in [-0.25, -0.2) is 0 Å². The molecular formula is C25H37N3O4. The lowest BCUT2D eigenvalue weighted by Crippen LogP contribution is -2.46. The fourth-order valence-electron chi connectivity index (χ4n) is 5.39. The van der Waals surface area contributed by atoms with E-state index in [-0.39, 0.29) is 29.1 Å². The van der Waals surface area contributed by atoms with E-state index in [1.54, 1.807) is 15.7 Å². The molecule has 0 aliphatic carbocycles. The Hall–Kier alpha value is -2.15. The van der Waals surface area contributed by atoms with E-state index in [1.807, 2.05) is 13.0 Å². The Kier molecular flexibility index (Phi) is 6.75. The number of likely N-dealkylation sites (tertiary alicyclic amines) is 2. The van der Waals surface area contributed by atoms with E-state index in [4.69, 9.17) is 4.74 Å². The van der Waals surface area contributed by atoms with Crippen molar-refractivity contribution in [2.24, 2.45) is 11.3 Å². The van der Waals surface area contributed by atoms with E-state index in [0.29, 0.717) is 44.0 Å². The van der Waals surface area contributed by atoms with Crippen LogP contribution in [0, 0.1) is 18.3 Å². The number of hydrogen-bond acceptors (Lipinski definition) is 5. The molecule has 4 rings (SSSR count). The van der Waals surface area contributed by atoms with Crippen LogP contribution in [0.15, 0.2) is 17.1 Å². The lowest BCUT2D eigenvalue weighted by molar-refractivity contribution is -0.150. The van der Waals surface area contributed by atoms with Crippen LogP contribution in [0.2, 0.25) is 0 Å². The summed E-state index contributed by atoms with van der Waals surface area (Å²) in [5, 5.41) is 0. The molecule has 3 fully saturated rings. The quantitative estimate of drug-likeness (QED) is 0.632. The molecule has 1 aromatic rings. The van der Waals surface area contributed by atoms with Crippen LogP contribution >= 0.6 is 0 Å². The SMILES string of the molecule is Cc1ccn(CCC(C)C)c(=O)c1C(=O)N1CCC2(CC1)CC(CN1CCCC1)OC2=O. The summed E-state index contributed by atoms with van der Waals surface area (Å²) in [7, 11) is 0. The lowest BCUT2D eigenvalue weighted by Gasteiger charge is -2.36. The summed E-state index contributed by atoms with van der Waals surface area (Å²) < 4.78 is 7.42. The topological polar surface area (TPSA) is 71.8 Å². The Labute approximate surface area is 190 Å². The van der Waals surface area contributed by atoms with Crippen LogP contribution in [0.25, 0.3) is 0 Å². The minimum absolute atomic E-state index is 0.0348. The van der Waals surface area contributed by atoms with Gasteiger partial charge in [0.15, 0.2) is 0 Å². The number of carbonyl (C=O) groups excluding carboxylic acids is 2. The van der Waals surface area contributed by atoms with E-state index < -0.39 is 5.41 Å². The first-order valence-electron chi connectivity index (χ1n) is 12.2. The molecule has 0 aromatic carbocycles. The van der Waals surface area contributed by atoms with Crippen LogP contribution in [-0.4, -0.2) is 65.1 Å². The molecule has 0 N–H and O–H groups in total. The van der Waals surface area contributed by atoms with Gasteiger partial charge in [-0.2, -0.15) is 0 Å². The lowest BCUT2D eigenvalue weighted by atomic mass is 9.76. The van der Waals surface area contributed by atoms with Crippen molar-refractivity contribution in [2.75, 3.05) is 32.7 Å². The summed E-state index contributed by atoms with van der Waals surface area (Å²) in [6.07, 6.45) is 7.06. The summed E-state index contributed by atoms with van der Waals surface area (Å²) >= 11 is 0. The third kappa shape index (κ3) is 4.63. The van der Waals surface area contributed by atoms with Gasteiger partial charge >= 0.3 is 5.97 Å². The molecule has 3 aliphatic rings. The zero-order valence-electron chi connectivity index (χ0n) is 19.8. The number of hydrogen-bond donors (Lipinski definition) is 0. The molecule has 3 aliphatic heterocycles. The van der Waals surface area contributed by atoms with Gasteiger partial charge in [-0.05, 0) is 69.7 Å². The van der Waals surface area contributed by atoms with Gasteiger partial charge in [-0.1, -0.05) is 13.8 Å². The van der Waals surface area contributed by atoms with Crippen LogP contribution in [-0.2, 0) is 16.1 Å². The van der Waals surface area contributed by atoms with Crippen LogP contribution in [0.4, 0.5) is 0 Å². The third-order valence-electron chi connectivity index (χ3n) is 7.53. The van der Waals surface area contributed by atoms with Crippen molar-refractivity contribution in [1.29, 1.82) is 0 Å². The summed E-state index contributed by atoms with van der Waals surface area (Å²) in [4.78, 5) is 43.2. The number of aromatic nitrogens is 1. The largest absolute Gasteiger partial charge is 0.461 e. The normalized spacial score (nSPS) is 23.3. The van der Waals surface area contributed by atoms with E-state index in [2.05, 4.69) is 18.7 Å². The summed E-state index contributed by atoms with van der Waals surface area (Å²) in [6, 6.07) is 1.86. The second-order valence-corrected chi connectivity index (χ2v) is 10.4. The first kappa shape index (κ1) is 23.0. The molecule has 176 valence electrons. The molecule has 0 saturated carbocycles. The number of esters is 1. The molecule has 1 aromatic heterocycles. The van der Waals surface area contributed by atoms with Crippen molar-refractivity contribution < 1.29 is 14.3 Å². The van der Waals surface area contributed by atoms with Gasteiger partial charge in [0.25, 0.3) is 11.5 Å². The van der Waals surface area contributed by atoms with Gasteiger partial charge in [0.1, 0.15) is 11.7 Å². The Balaban J connectivity index is 1.41. The minimum atomic E-state index is -0.468. The van der Waals surface area contributed by atoms with Crippen LogP contribution in [0.5, 0.6) is 0 Å². The fourth-order valence-corrected chi connectivity index (χ4v) is 5.39. The predicted molar refractivity (Wildman–Crippen MR) is 123 cm³/mol. The molecule has 3 saturated heterocycles. The summed E-state index contributed by atoms with van der Waals surface area (Å²) in [5.74, 6) is 0.183. The maximum Gasteiger partial charge on any atom is 0.312 e. The van der Waals surface area contributed by atoms with E-state index in [9.17, 15) is 14.4 Å². The highest BCUT2D eigenvalue weighted by molar-refractivity contribution is 5.95. The smallest absolute Gasteiger partial charge is 0.312 e. The van der Waals surface area contributed by atoms with Gasteiger partial charge < -0.3 is 14.2 Å². The van der Waals surface area contributed by atoms with Crippen LogP contribution in [0.1, 0.15) is 68.3 Å². The number of aryl methyl sites for hydroxylation is 2. The third-order valence-corrected chi connectivity index (χ3v) is 7.53. The molecular weight excluding hydrogens is 406 g/mol. The number of amides is 1. The molecule has 1 atom stereocenters. The van der Waals surface area contributed by atoms with Gasteiger partial charge in [0.2, 0.25) is 0 Å². The van der Waals surface area contributed by atoms with Gasteiger partial charge in [-0.15, -0.1) is 0 Å². The van der Waals surface area contributed by atoms with Crippen molar-refractivity contribution in [3.8, 4) is 0 Å². The van der Waals surface area contributed by atoms with Crippen molar-refractivity contribution in [1.82, 2.24) is 14.4 Å². The Morgan fingerprint density at radius 1 is 1.16 bits per heavy atom. The van der Waals surface area contributed by atoms with Gasteiger partial charge in [0, 0.05) is 38.8 Å². The molecule has 1 unspecified atom stereocenters. The number of nitrogens with zero attached hydrogens (tertiary/aromatic N) is 3. The zero-order chi connectivity index (χ0) is 22.9. The standard InChI is InChI=1S/C25H37N3O4/c1-18(2)6-12-27-13-7-19(3)21(22(27)29)23(30)28-14-8-25(9-15-28)16-20(32-24(25)31)17-26-10-4-5-11-26/h7,13,18,20H,4-6,8-12,14-17H2,1-3H3. The molecule has 7 heteroatoms. The average molecular weight is 444 g/mol. The minimum Gasteiger partial charge on any atom is -0.461 e. The van der Waals surface area contributed by atoms with E-state index in [1.165, 1.54) is 12.8 Å². The maximum atomic E-state index is 13.3. The Bertz CT molecular complexity index is 908. The van der Waals surface area contributed by atoms with Gasteiger partial charge in [-0.3, -0.25) is 19.3 Å². The van der Waals surface area contributed by atoms with Crippen LogP contribution < -0.4 is 5.56 Å². The van der Waals surface area contributed by atoms with Crippen molar-refractivity contribution in [3.63, 3.8) is 0 Å². The average Bonchev–Trinajstić information content (AvgIpc) is 3.36. The molecule has 32 heavy (non-hydrogen) atoms.